The molecule has 0 heterocycles. The van der Waals surface area contributed by atoms with Crippen LogP contribution < -0.4 is 34.0 Å². The van der Waals surface area contributed by atoms with Crippen molar-refractivity contribution in [3.63, 3.8) is 0 Å². The molecule has 0 unspecified atom stereocenters. The number of hydrogen-bond donors (Lipinski definition) is 1. The molecule has 0 spiro atoms. The molecule has 0 saturated heterocycles. The van der Waals surface area contributed by atoms with Gasteiger partial charge in [-0.05, 0) is 23.0 Å². The number of halogens is 2. The van der Waals surface area contributed by atoms with Crippen molar-refractivity contribution >= 4 is 9.56 Å². The Morgan fingerprint density at radius 2 is 1.27 bits per heavy atom. The van der Waals surface area contributed by atoms with Crippen LogP contribution in [0.15, 0.2) is 60.7 Å². The molecular weight excluding hydrogens is 445 g/mol. The maximum absolute atomic E-state index is 3.33. The van der Waals surface area contributed by atoms with Crippen molar-refractivity contribution in [1.82, 2.24) is 0 Å². The topological polar surface area (TPSA) is 12.0 Å². The number of nitrogens with one attached hydrogen (secondary N) is 1. The SMILES string of the molecule is CNc1c(C(C)C)cccc1C(C)C.[Cl-].[Cl-].[Ti+2][c]1cccc2c1Cc1ccccc1-2. The Balaban J connectivity index is 0.000000281. The summed E-state index contributed by atoms with van der Waals surface area (Å²) >= 11 is 2.20. The molecule has 30 heavy (non-hydrogen) atoms. The molecule has 0 aromatic heterocycles. The molecule has 0 saturated carbocycles. The Morgan fingerprint density at radius 1 is 0.733 bits per heavy atom. The zero-order valence-corrected chi connectivity index (χ0v) is 21.5. The number of hydrogen-bond acceptors (Lipinski definition) is 1. The number of benzene rings is 3. The van der Waals surface area contributed by atoms with Crippen LogP contribution in [0.2, 0.25) is 0 Å². The summed E-state index contributed by atoms with van der Waals surface area (Å²) in [4.78, 5) is 0. The van der Waals surface area contributed by atoms with Gasteiger partial charge in [0.25, 0.3) is 0 Å². The van der Waals surface area contributed by atoms with Gasteiger partial charge in [-0.3, -0.25) is 0 Å². The predicted molar refractivity (Wildman–Crippen MR) is 118 cm³/mol. The van der Waals surface area contributed by atoms with Crippen molar-refractivity contribution in [3.05, 3.63) is 82.9 Å². The fraction of sp³-hybridized carbons (Fsp3) is 0.308. The first kappa shape index (κ1) is 26.8. The van der Waals surface area contributed by atoms with E-state index >= 15 is 0 Å². The van der Waals surface area contributed by atoms with Crippen molar-refractivity contribution in [3.8, 4) is 11.1 Å². The van der Waals surface area contributed by atoms with Crippen LogP contribution in [0.3, 0.4) is 0 Å². The number of fused-ring (bicyclic) bond motifs is 3. The van der Waals surface area contributed by atoms with E-state index in [1.54, 1.807) is 0 Å². The second-order valence-corrected chi connectivity index (χ2v) is 8.88. The summed E-state index contributed by atoms with van der Waals surface area (Å²) in [5.74, 6) is 1.16. The van der Waals surface area contributed by atoms with Gasteiger partial charge in [0, 0.05) is 12.7 Å². The van der Waals surface area contributed by atoms with Crippen LogP contribution in [0.5, 0.6) is 0 Å². The van der Waals surface area contributed by atoms with Crippen molar-refractivity contribution in [2.75, 3.05) is 12.4 Å². The van der Waals surface area contributed by atoms with Gasteiger partial charge in [-0.2, -0.15) is 0 Å². The minimum atomic E-state index is 0. The fourth-order valence-electron chi connectivity index (χ4n) is 4.00. The van der Waals surface area contributed by atoms with Crippen LogP contribution in [-0.4, -0.2) is 7.05 Å². The molecule has 1 aliphatic carbocycles. The summed E-state index contributed by atoms with van der Waals surface area (Å²) in [6.07, 6.45) is 1.11. The van der Waals surface area contributed by atoms with E-state index in [-0.39, 0.29) is 24.8 Å². The Kier molecular flexibility index (Phi) is 10.7. The van der Waals surface area contributed by atoms with Crippen molar-refractivity contribution in [2.45, 2.75) is 46.0 Å². The standard InChI is InChI=1S/C13H21N.C13H9.2ClH.Ti/c1-9(2)11-7-6-8-12(10(3)4)13(11)14-5;1-3-7-12-10(5-1)9-11-6-2-4-8-13(11)12;;;/h6-10,14H,1-5H3;1-5,7-8H,9H2;2*1H;/q;;;;+2/p-2. The number of para-hydroxylation sites is 1. The summed E-state index contributed by atoms with van der Waals surface area (Å²) in [5, 5.41) is 3.33. The van der Waals surface area contributed by atoms with E-state index < -0.39 is 0 Å². The average molecular weight is 475 g/mol. The molecule has 0 amide bonds. The Labute approximate surface area is 206 Å². The molecule has 0 fully saturated rings. The van der Waals surface area contributed by atoms with E-state index in [1.807, 2.05) is 7.05 Å². The molecule has 0 atom stereocenters. The van der Waals surface area contributed by atoms with E-state index in [1.165, 1.54) is 42.9 Å². The predicted octanol–water partition coefficient (Wildman–Crippen LogP) is 0.413. The summed E-state index contributed by atoms with van der Waals surface area (Å²) in [7, 11) is 2.01. The molecule has 3 aromatic rings. The van der Waals surface area contributed by atoms with Crippen molar-refractivity contribution < 1.29 is 45.2 Å². The maximum atomic E-state index is 3.33. The van der Waals surface area contributed by atoms with Gasteiger partial charge in [-0.15, -0.1) is 0 Å². The van der Waals surface area contributed by atoms with E-state index in [9.17, 15) is 0 Å². The molecule has 0 aliphatic heterocycles. The molecule has 0 radical (unpaired) electrons. The van der Waals surface area contributed by atoms with Gasteiger partial charge in [0.2, 0.25) is 0 Å². The molecular formula is C26H30Cl2NTi. The monoisotopic (exact) mass is 474 g/mol. The van der Waals surface area contributed by atoms with Crippen LogP contribution in [0.25, 0.3) is 11.1 Å². The first-order chi connectivity index (χ1) is 13.4. The third kappa shape index (κ3) is 5.71. The number of rotatable bonds is 3. The summed E-state index contributed by atoms with van der Waals surface area (Å²) < 4.78 is 1.42. The van der Waals surface area contributed by atoms with E-state index in [0.717, 1.165) is 6.42 Å². The van der Waals surface area contributed by atoms with Gasteiger partial charge in [0.05, 0.1) is 0 Å². The normalized spacial score (nSPS) is 11.0. The molecule has 4 rings (SSSR count). The van der Waals surface area contributed by atoms with Crippen LogP contribution in [0, 0.1) is 0 Å². The van der Waals surface area contributed by atoms with E-state index in [2.05, 4.69) is 114 Å². The Hall–Kier alpha value is -1.25. The van der Waals surface area contributed by atoms with Crippen LogP contribution in [0.1, 0.15) is 61.8 Å². The third-order valence-corrected chi connectivity index (χ3v) is 6.21. The van der Waals surface area contributed by atoms with Crippen molar-refractivity contribution in [1.29, 1.82) is 0 Å². The van der Waals surface area contributed by atoms with Gasteiger partial charge >= 0.3 is 95.4 Å². The molecule has 0 bridgehead atoms. The van der Waals surface area contributed by atoms with Crippen LogP contribution in [-0.2, 0) is 26.9 Å². The third-order valence-electron chi connectivity index (χ3n) is 5.47. The van der Waals surface area contributed by atoms with E-state index in [4.69, 9.17) is 0 Å². The number of anilines is 1. The van der Waals surface area contributed by atoms with E-state index in [0.29, 0.717) is 11.8 Å². The molecule has 1 N–H and O–H groups in total. The van der Waals surface area contributed by atoms with Crippen LogP contribution in [0.4, 0.5) is 5.69 Å². The minimum absolute atomic E-state index is 0. The van der Waals surface area contributed by atoms with Gasteiger partial charge in [-0.1, -0.05) is 45.9 Å². The Bertz CT molecular complexity index is 941. The molecule has 157 valence electrons. The molecule has 3 aromatic carbocycles. The quantitative estimate of drug-likeness (QED) is 0.424. The molecule has 4 heteroatoms. The molecule has 1 aliphatic rings. The Morgan fingerprint density at radius 3 is 1.83 bits per heavy atom. The second-order valence-electron chi connectivity index (χ2n) is 8.04. The first-order valence-corrected chi connectivity index (χ1v) is 10.9. The molecule has 1 nitrogen and oxygen atoms in total. The van der Waals surface area contributed by atoms with Crippen molar-refractivity contribution in [2.24, 2.45) is 0 Å². The van der Waals surface area contributed by atoms with Gasteiger partial charge in [0.15, 0.2) is 0 Å². The van der Waals surface area contributed by atoms with Crippen LogP contribution >= 0.6 is 0 Å². The zero-order valence-electron chi connectivity index (χ0n) is 18.4. The summed E-state index contributed by atoms with van der Waals surface area (Å²) in [6, 6.07) is 21.9. The zero-order chi connectivity index (χ0) is 20.3. The average Bonchev–Trinajstić information content (AvgIpc) is 3.08. The van der Waals surface area contributed by atoms with Gasteiger partial charge in [-0.25, -0.2) is 0 Å². The van der Waals surface area contributed by atoms with Gasteiger partial charge in [0.1, 0.15) is 0 Å². The first-order valence-electron chi connectivity index (χ1n) is 10.2. The summed E-state index contributed by atoms with van der Waals surface area (Å²) in [5.41, 5.74) is 9.98. The summed E-state index contributed by atoms with van der Waals surface area (Å²) in [6.45, 7) is 8.95. The van der Waals surface area contributed by atoms with Gasteiger partial charge < -0.3 is 30.1 Å². The second kappa shape index (κ2) is 12.0. The fourth-order valence-corrected chi connectivity index (χ4v) is 4.50.